The molecule has 154 valence electrons. The van der Waals surface area contributed by atoms with Gasteiger partial charge in [0.2, 0.25) is 0 Å². The summed E-state index contributed by atoms with van der Waals surface area (Å²) in [6.07, 6.45) is 2.14. The van der Waals surface area contributed by atoms with E-state index in [0.717, 1.165) is 5.56 Å². The zero-order valence-electron chi connectivity index (χ0n) is 16.2. The van der Waals surface area contributed by atoms with Gasteiger partial charge in [0.05, 0.1) is 23.9 Å². The first-order valence-corrected chi connectivity index (χ1v) is 9.45. The molecule has 1 fully saturated rings. The second-order valence-electron chi connectivity index (χ2n) is 7.15. The van der Waals surface area contributed by atoms with Crippen LogP contribution >= 0.6 is 0 Å². The van der Waals surface area contributed by atoms with E-state index in [0.29, 0.717) is 12.8 Å². The molecule has 0 radical (unpaired) electrons. The van der Waals surface area contributed by atoms with Crippen LogP contribution in [0.3, 0.4) is 0 Å². The number of ether oxygens (including phenoxy) is 2. The summed E-state index contributed by atoms with van der Waals surface area (Å²) in [4.78, 5) is 22.8. The molecule has 2 unspecified atom stereocenters. The monoisotopic (exact) mass is 392 g/mol. The quantitative estimate of drug-likeness (QED) is 0.552. The van der Waals surface area contributed by atoms with Crippen LogP contribution in [-0.4, -0.2) is 57.8 Å². The van der Waals surface area contributed by atoms with Crippen LogP contribution in [0, 0.1) is 0 Å². The second-order valence-corrected chi connectivity index (χ2v) is 7.15. The number of hydrogen-bond acceptors (Lipinski definition) is 6. The lowest BCUT2D eigenvalue weighted by Gasteiger charge is -2.36. The number of benzene rings is 1. The molecular formula is C21H28O7. The Balaban J connectivity index is 1.70. The standard InChI is InChI=1S/C21H28O7/c1-13(27-21-19(24)12-18(23)14(2)28-21)5-3-4-6-17(22)11-15-7-9-16(10-8-15)20(25)26/h4,6-10,13-14,18-19,21,23-24H,3,5,11-12H2,1-2H3,(H,25,26)/b6-4+/t13-,14?,18-,19?,21-/m1/s1. The smallest absolute Gasteiger partial charge is 0.335 e. The van der Waals surface area contributed by atoms with Gasteiger partial charge in [-0.2, -0.15) is 0 Å². The molecule has 1 aromatic carbocycles. The Morgan fingerprint density at radius 3 is 2.57 bits per heavy atom. The van der Waals surface area contributed by atoms with Crippen LogP contribution in [0.25, 0.3) is 0 Å². The number of carboxylic acids is 1. The van der Waals surface area contributed by atoms with Gasteiger partial charge in [-0.25, -0.2) is 4.79 Å². The van der Waals surface area contributed by atoms with Crippen molar-refractivity contribution in [1.29, 1.82) is 0 Å². The first-order valence-electron chi connectivity index (χ1n) is 9.45. The molecule has 28 heavy (non-hydrogen) atoms. The molecule has 0 amide bonds. The molecule has 1 aromatic rings. The summed E-state index contributed by atoms with van der Waals surface area (Å²) in [6.45, 7) is 3.60. The maximum atomic E-state index is 12.0. The van der Waals surface area contributed by atoms with Crippen molar-refractivity contribution in [2.75, 3.05) is 0 Å². The van der Waals surface area contributed by atoms with Crippen molar-refractivity contribution in [3.05, 3.63) is 47.5 Å². The number of ketones is 1. The predicted molar refractivity (Wildman–Crippen MR) is 102 cm³/mol. The number of aliphatic hydroxyl groups excluding tert-OH is 2. The predicted octanol–water partition coefficient (Wildman–Crippen LogP) is 2.09. The van der Waals surface area contributed by atoms with E-state index in [1.54, 1.807) is 25.1 Å². The zero-order chi connectivity index (χ0) is 20.7. The van der Waals surface area contributed by atoms with Crippen molar-refractivity contribution in [2.45, 2.75) is 70.2 Å². The van der Waals surface area contributed by atoms with Crippen molar-refractivity contribution in [2.24, 2.45) is 0 Å². The molecule has 0 aromatic heterocycles. The van der Waals surface area contributed by atoms with E-state index in [1.165, 1.54) is 18.2 Å². The van der Waals surface area contributed by atoms with E-state index in [-0.39, 0.29) is 36.4 Å². The third-order valence-electron chi connectivity index (χ3n) is 4.68. The number of hydrogen-bond donors (Lipinski definition) is 3. The molecule has 3 N–H and O–H groups in total. The average molecular weight is 392 g/mol. The zero-order valence-corrected chi connectivity index (χ0v) is 16.2. The van der Waals surface area contributed by atoms with Crippen LogP contribution in [0.2, 0.25) is 0 Å². The summed E-state index contributed by atoms with van der Waals surface area (Å²) in [5, 5.41) is 28.5. The van der Waals surface area contributed by atoms with Gasteiger partial charge in [-0.15, -0.1) is 0 Å². The first-order chi connectivity index (χ1) is 13.3. The minimum absolute atomic E-state index is 0.0644. The Bertz CT molecular complexity index is 682. The molecule has 0 spiro atoms. The minimum Gasteiger partial charge on any atom is -0.478 e. The first kappa shape index (κ1) is 22.2. The largest absolute Gasteiger partial charge is 0.478 e. The molecular weight excluding hydrogens is 364 g/mol. The van der Waals surface area contributed by atoms with E-state index in [9.17, 15) is 19.8 Å². The number of aliphatic hydroxyl groups is 2. The topological polar surface area (TPSA) is 113 Å². The molecule has 0 saturated carbocycles. The third kappa shape index (κ3) is 6.83. The average Bonchev–Trinajstić information content (AvgIpc) is 2.63. The van der Waals surface area contributed by atoms with Gasteiger partial charge in [-0.3, -0.25) is 4.79 Å². The van der Waals surface area contributed by atoms with Gasteiger partial charge in [0.25, 0.3) is 0 Å². The SMILES string of the molecule is CC1O[C@@H](O[C@H](C)CC/C=C/C(=O)Cc2ccc(C(=O)O)cc2)C(O)C[C@H]1O. The Morgan fingerprint density at radius 1 is 1.25 bits per heavy atom. The van der Waals surface area contributed by atoms with Crippen LogP contribution in [0.15, 0.2) is 36.4 Å². The van der Waals surface area contributed by atoms with Crippen molar-refractivity contribution in [3.63, 3.8) is 0 Å². The lowest BCUT2D eigenvalue weighted by Crippen LogP contribution is -2.48. The number of carboxylic acid groups (broad SMARTS) is 1. The molecule has 5 atom stereocenters. The highest BCUT2D eigenvalue weighted by Gasteiger charge is 2.35. The molecule has 7 nitrogen and oxygen atoms in total. The van der Waals surface area contributed by atoms with Crippen molar-refractivity contribution in [3.8, 4) is 0 Å². The number of allylic oxidation sites excluding steroid dienone is 2. The van der Waals surface area contributed by atoms with Crippen molar-refractivity contribution < 1.29 is 34.4 Å². The lowest BCUT2D eigenvalue weighted by atomic mass is 10.0. The van der Waals surface area contributed by atoms with E-state index < -0.39 is 24.5 Å². The summed E-state index contributed by atoms with van der Waals surface area (Å²) in [7, 11) is 0. The number of carbonyl (C=O) groups excluding carboxylic acids is 1. The molecule has 0 bridgehead atoms. The van der Waals surface area contributed by atoms with Gasteiger partial charge in [-0.1, -0.05) is 18.2 Å². The summed E-state index contributed by atoms with van der Waals surface area (Å²) in [6, 6.07) is 6.24. The molecule has 1 aliphatic rings. The number of aromatic carboxylic acids is 1. The minimum atomic E-state index is -0.995. The lowest BCUT2D eigenvalue weighted by molar-refractivity contribution is -0.273. The highest BCUT2D eigenvalue weighted by atomic mass is 16.7. The van der Waals surface area contributed by atoms with Crippen LogP contribution in [0.1, 0.15) is 49.0 Å². The van der Waals surface area contributed by atoms with Crippen LogP contribution < -0.4 is 0 Å². The Hall–Kier alpha value is -2.06. The highest BCUT2D eigenvalue weighted by molar-refractivity contribution is 5.92. The van der Waals surface area contributed by atoms with E-state index in [4.69, 9.17) is 14.6 Å². The van der Waals surface area contributed by atoms with Gasteiger partial charge in [0, 0.05) is 12.8 Å². The van der Waals surface area contributed by atoms with Gasteiger partial charge in [0.15, 0.2) is 12.1 Å². The number of rotatable bonds is 9. The van der Waals surface area contributed by atoms with E-state index in [2.05, 4.69) is 0 Å². The fourth-order valence-corrected chi connectivity index (χ4v) is 2.93. The molecule has 2 rings (SSSR count). The van der Waals surface area contributed by atoms with Gasteiger partial charge < -0.3 is 24.8 Å². The normalized spacial score (nSPS) is 26.3. The van der Waals surface area contributed by atoms with Crippen LogP contribution in [0.4, 0.5) is 0 Å². The van der Waals surface area contributed by atoms with Gasteiger partial charge >= 0.3 is 5.97 Å². The Kier molecular flexibility index (Phi) is 8.32. The van der Waals surface area contributed by atoms with Gasteiger partial charge in [0.1, 0.15) is 6.10 Å². The highest BCUT2D eigenvalue weighted by Crippen LogP contribution is 2.22. The Morgan fingerprint density at radius 2 is 1.93 bits per heavy atom. The van der Waals surface area contributed by atoms with E-state index >= 15 is 0 Å². The molecule has 1 aliphatic heterocycles. The summed E-state index contributed by atoms with van der Waals surface area (Å²) >= 11 is 0. The summed E-state index contributed by atoms with van der Waals surface area (Å²) in [5.41, 5.74) is 0.952. The molecule has 1 saturated heterocycles. The van der Waals surface area contributed by atoms with E-state index in [1.807, 2.05) is 6.92 Å². The second kappa shape index (κ2) is 10.5. The fourth-order valence-electron chi connectivity index (χ4n) is 2.93. The Labute approximate surface area is 164 Å². The van der Waals surface area contributed by atoms with Crippen LogP contribution in [0.5, 0.6) is 0 Å². The maximum absolute atomic E-state index is 12.0. The molecule has 0 aliphatic carbocycles. The molecule has 1 heterocycles. The summed E-state index contributed by atoms with van der Waals surface area (Å²) < 4.78 is 11.2. The van der Waals surface area contributed by atoms with Gasteiger partial charge in [-0.05, 0) is 50.5 Å². The van der Waals surface area contributed by atoms with Crippen molar-refractivity contribution >= 4 is 11.8 Å². The third-order valence-corrected chi connectivity index (χ3v) is 4.68. The fraction of sp³-hybridized carbons (Fsp3) is 0.524. The maximum Gasteiger partial charge on any atom is 0.335 e. The van der Waals surface area contributed by atoms with Crippen molar-refractivity contribution in [1.82, 2.24) is 0 Å². The summed E-state index contributed by atoms with van der Waals surface area (Å²) in [5.74, 6) is -1.06. The van der Waals surface area contributed by atoms with Crippen LogP contribution in [-0.2, 0) is 20.7 Å². The molecule has 7 heteroatoms. The number of carbonyl (C=O) groups is 2.